The molecule has 0 aliphatic heterocycles. The van der Waals surface area contributed by atoms with Crippen molar-refractivity contribution in [2.45, 2.75) is 20.3 Å². The quantitative estimate of drug-likeness (QED) is 0.355. The summed E-state index contributed by atoms with van der Waals surface area (Å²) >= 11 is 4.73. The van der Waals surface area contributed by atoms with E-state index in [4.69, 9.17) is 14.2 Å². The van der Waals surface area contributed by atoms with Crippen LogP contribution in [0, 0.1) is 0 Å². The summed E-state index contributed by atoms with van der Waals surface area (Å²) < 4.78 is 16.9. The maximum absolute atomic E-state index is 12.7. The average molecular weight is 518 g/mol. The zero-order valence-electron chi connectivity index (χ0n) is 18.1. The Morgan fingerprint density at radius 3 is 2.47 bits per heavy atom. The van der Waals surface area contributed by atoms with Crippen molar-refractivity contribution < 1.29 is 23.8 Å². The van der Waals surface area contributed by atoms with Gasteiger partial charge in [0.05, 0.1) is 18.2 Å². The Kier molecular flexibility index (Phi) is 8.30. The van der Waals surface area contributed by atoms with Crippen molar-refractivity contribution in [3.05, 3.63) is 63.4 Å². The minimum absolute atomic E-state index is 0.192. The molecule has 8 heteroatoms. The molecule has 168 valence electrons. The number of carbonyl (C=O) groups is 2. The van der Waals surface area contributed by atoms with Gasteiger partial charge in [-0.2, -0.15) is 0 Å². The highest BCUT2D eigenvalue weighted by Crippen LogP contribution is 2.37. The van der Waals surface area contributed by atoms with E-state index in [9.17, 15) is 9.59 Å². The first-order chi connectivity index (χ1) is 15.5. The van der Waals surface area contributed by atoms with Gasteiger partial charge in [-0.3, -0.25) is 4.79 Å². The summed E-state index contributed by atoms with van der Waals surface area (Å²) in [5.74, 6) is 0.428. The number of halogens is 1. The van der Waals surface area contributed by atoms with Gasteiger partial charge in [-0.05, 0) is 64.7 Å². The minimum atomic E-state index is -0.492. The second-order valence-electron chi connectivity index (χ2n) is 6.76. The maximum Gasteiger partial charge on any atom is 0.341 e. The number of carbonyl (C=O) groups excluding carboxylic acids is 2. The molecule has 1 N–H and O–H groups in total. The molecule has 0 saturated heterocycles. The van der Waals surface area contributed by atoms with Crippen molar-refractivity contribution in [2.24, 2.45) is 0 Å². The lowest BCUT2D eigenvalue weighted by Gasteiger charge is -2.11. The molecule has 1 aromatic heterocycles. The van der Waals surface area contributed by atoms with Gasteiger partial charge in [0.15, 0.2) is 6.61 Å². The highest BCUT2D eigenvalue weighted by atomic mass is 79.9. The first-order valence-electron chi connectivity index (χ1n) is 10.1. The lowest BCUT2D eigenvalue weighted by Crippen LogP contribution is -2.21. The van der Waals surface area contributed by atoms with Crippen LogP contribution in [0.5, 0.6) is 11.5 Å². The summed E-state index contributed by atoms with van der Waals surface area (Å²) in [5, 5.41) is 5.03. The summed E-state index contributed by atoms with van der Waals surface area (Å²) in [4.78, 5) is 25.2. The number of esters is 1. The Balaban J connectivity index is 1.78. The first-order valence-corrected chi connectivity index (χ1v) is 11.8. The zero-order chi connectivity index (χ0) is 23.1. The standard InChI is InChI=1S/C24H24BrNO5S/c1-4-15-6-11-20(19(25)12-15)31-13-21(27)26-23-22(24(28)30-5-2)18(14-32-23)16-7-9-17(29-3)10-8-16/h6-12,14H,4-5,13H2,1-3H3,(H,26,27). The monoisotopic (exact) mass is 517 g/mol. The van der Waals surface area contributed by atoms with Crippen LogP contribution in [-0.4, -0.2) is 32.2 Å². The molecule has 0 bridgehead atoms. The molecule has 3 rings (SSSR count). The average Bonchev–Trinajstić information content (AvgIpc) is 3.21. The molecule has 0 aliphatic carbocycles. The molecule has 0 aliphatic rings. The number of anilines is 1. The lowest BCUT2D eigenvalue weighted by molar-refractivity contribution is -0.118. The number of rotatable bonds is 9. The van der Waals surface area contributed by atoms with Crippen molar-refractivity contribution in [3.63, 3.8) is 0 Å². The highest BCUT2D eigenvalue weighted by molar-refractivity contribution is 9.10. The molecule has 2 aromatic carbocycles. The summed E-state index contributed by atoms with van der Waals surface area (Å²) in [7, 11) is 1.59. The number of methoxy groups -OCH3 is 1. The number of nitrogens with one attached hydrogen (secondary N) is 1. The molecule has 0 saturated carbocycles. The second-order valence-corrected chi connectivity index (χ2v) is 8.49. The van der Waals surface area contributed by atoms with Gasteiger partial charge in [-0.25, -0.2) is 4.79 Å². The van der Waals surface area contributed by atoms with E-state index < -0.39 is 5.97 Å². The molecule has 6 nitrogen and oxygen atoms in total. The molecule has 1 heterocycles. The molecular formula is C24H24BrNO5S. The number of hydrogen-bond acceptors (Lipinski definition) is 6. The Labute approximate surface area is 199 Å². The summed E-state index contributed by atoms with van der Waals surface area (Å²) in [6.07, 6.45) is 0.908. The summed E-state index contributed by atoms with van der Waals surface area (Å²) in [6, 6.07) is 13.1. The lowest BCUT2D eigenvalue weighted by atomic mass is 10.0. The third-order valence-corrected chi connectivity index (χ3v) is 6.20. The number of amides is 1. The first kappa shape index (κ1) is 23.8. The molecular weight excluding hydrogens is 494 g/mol. The SMILES string of the molecule is CCOC(=O)c1c(-c2ccc(OC)cc2)csc1NC(=O)COc1ccc(CC)cc1Br. The third-order valence-electron chi connectivity index (χ3n) is 4.69. The zero-order valence-corrected chi connectivity index (χ0v) is 20.5. The van der Waals surface area contributed by atoms with Gasteiger partial charge in [0.2, 0.25) is 0 Å². The molecule has 0 spiro atoms. The molecule has 1 amide bonds. The van der Waals surface area contributed by atoms with E-state index in [1.807, 2.05) is 47.8 Å². The number of thiophene rings is 1. The molecule has 32 heavy (non-hydrogen) atoms. The van der Waals surface area contributed by atoms with Crippen LogP contribution in [0.4, 0.5) is 5.00 Å². The van der Waals surface area contributed by atoms with Gasteiger partial charge in [-0.1, -0.05) is 25.1 Å². The van der Waals surface area contributed by atoms with Crippen LogP contribution >= 0.6 is 27.3 Å². The normalized spacial score (nSPS) is 10.5. The van der Waals surface area contributed by atoms with Gasteiger partial charge in [0.25, 0.3) is 5.91 Å². The van der Waals surface area contributed by atoms with Crippen molar-refractivity contribution >= 4 is 44.1 Å². The van der Waals surface area contributed by atoms with Gasteiger partial charge in [-0.15, -0.1) is 11.3 Å². The Bertz CT molecular complexity index is 1090. The van der Waals surface area contributed by atoms with Crippen LogP contribution in [-0.2, 0) is 16.0 Å². The second kappa shape index (κ2) is 11.2. The summed E-state index contributed by atoms with van der Waals surface area (Å²) in [6.45, 7) is 3.85. The molecule has 3 aromatic rings. The van der Waals surface area contributed by atoms with E-state index in [2.05, 4.69) is 28.2 Å². The molecule has 0 unspecified atom stereocenters. The van der Waals surface area contributed by atoms with Crippen molar-refractivity contribution in [1.82, 2.24) is 0 Å². The number of hydrogen-bond donors (Lipinski definition) is 1. The van der Waals surface area contributed by atoms with E-state index in [0.29, 0.717) is 27.6 Å². The van der Waals surface area contributed by atoms with Crippen LogP contribution < -0.4 is 14.8 Å². The Hall–Kier alpha value is -2.84. The predicted molar refractivity (Wildman–Crippen MR) is 130 cm³/mol. The van der Waals surface area contributed by atoms with Crippen LogP contribution in [0.15, 0.2) is 52.3 Å². The van der Waals surface area contributed by atoms with Crippen molar-refractivity contribution in [1.29, 1.82) is 0 Å². The minimum Gasteiger partial charge on any atom is -0.497 e. The van der Waals surface area contributed by atoms with E-state index in [-0.39, 0.29) is 19.1 Å². The van der Waals surface area contributed by atoms with Crippen LogP contribution in [0.3, 0.4) is 0 Å². The predicted octanol–water partition coefficient (Wildman–Crippen LogP) is 5.94. The smallest absolute Gasteiger partial charge is 0.341 e. The summed E-state index contributed by atoms with van der Waals surface area (Å²) in [5.41, 5.74) is 2.99. The van der Waals surface area contributed by atoms with Crippen LogP contribution in [0.2, 0.25) is 0 Å². The fourth-order valence-electron chi connectivity index (χ4n) is 3.03. The molecule has 0 atom stereocenters. The largest absolute Gasteiger partial charge is 0.497 e. The van der Waals surface area contributed by atoms with E-state index in [1.54, 1.807) is 14.0 Å². The topological polar surface area (TPSA) is 73.9 Å². The number of ether oxygens (including phenoxy) is 3. The maximum atomic E-state index is 12.7. The fourth-order valence-corrected chi connectivity index (χ4v) is 4.54. The third kappa shape index (κ3) is 5.69. The fraction of sp³-hybridized carbons (Fsp3) is 0.250. The van der Waals surface area contributed by atoms with Crippen molar-refractivity contribution in [2.75, 3.05) is 25.6 Å². The van der Waals surface area contributed by atoms with Gasteiger partial charge >= 0.3 is 5.97 Å². The van der Waals surface area contributed by atoms with Crippen LogP contribution in [0.25, 0.3) is 11.1 Å². The van der Waals surface area contributed by atoms with E-state index in [1.165, 1.54) is 11.3 Å². The van der Waals surface area contributed by atoms with Crippen molar-refractivity contribution in [3.8, 4) is 22.6 Å². The highest BCUT2D eigenvalue weighted by Gasteiger charge is 2.23. The number of benzene rings is 2. The van der Waals surface area contributed by atoms with E-state index in [0.717, 1.165) is 22.0 Å². The van der Waals surface area contributed by atoms with Gasteiger partial charge in [0.1, 0.15) is 22.1 Å². The van der Waals surface area contributed by atoms with Gasteiger partial charge in [0, 0.05) is 10.9 Å². The Morgan fingerprint density at radius 1 is 1.09 bits per heavy atom. The van der Waals surface area contributed by atoms with Crippen LogP contribution in [0.1, 0.15) is 29.8 Å². The number of aryl methyl sites for hydroxylation is 1. The van der Waals surface area contributed by atoms with Gasteiger partial charge < -0.3 is 19.5 Å². The molecule has 0 radical (unpaired) electrons. The Morgan fingerprint density at radius 2 is 1.84 bits per heavy atom. The molecule has 0 fully saturated rings. The van der Waals surface area contributed by atoms with E-state index >= 15 is 0 Å².